The molecule has 9 nitrogen and oxygen atoms in total. The van der Waals surface area contributed by atoms with E-state index in [1.807, 2.05) is 13.8 Å². The quantitative estimate of drug-likeness (QED) is 0.113. The summed E-state index contributed by atoms with van der Waals surface area (Å²) in [6.45, 7) is 20.3. The number of hydrogen-bond donors (Lipinski definition) is 0. The number of benzene rings is 1. The van der Waals surface area contributed by atoms with Crippen LogP contribution in [-0.4, -0.2) is 48.5 Å². The van der Waals surface area contributed by atoms with Gasteiger partial charge in [-0.2, -0.15) is 0 Å². The van der Waals surface area contributed by atoms with Gasteiger partial charge in [-0.3, -0.25) is 9.59 Å². The van der Waals surface area contributed by atoms with Gasteiger partial charge in [-0.15, -0.1) is 0 Å². The zero-order valence-corrected chi connectivity index (χ0v) is 31.3. The summed E-state index contributed by atoms with van der Waals surface area (Å²) >= 11 is 0. The average Bonchev–Trinajstić information content (AvgIpc) is 3.45. The van der Waals surface area contributed by atoms with Crippen molar-refractivity contribution < 1.29 is 38.2 Å². The van der Waals surface area contributed by atoms with Gasteiger partial charge in [0.1, 0.15) is 22.8 Å². The molecule has 0 saturated heterocycles. The van der Waals surface area contributed by atoms with Crippen molar-refractivity contribution in [2.24, 2.45) is 28.8 Å². The van der Waals surface area contributed by atoms with Gasteiger partial charge >= 0.3 is 17.9 Å². The standard InChI is InChI=1S/C39H61NO8/c1-11-44-37(42)32-33(40-48-36(32)38(43)45-12-2)31-30-21-23-39(10,47-34(30)27(7)28(8)35(31)46-29(9)41)22-15-20-26(6)19-14-18-25(5)17-13-16-24(3)4/h24-26,32,36H,11-23H2,1-10H3/t25?,26?,32-,36-,39?/m0/s1. The fourth-order valence-corrected chi connectivity index (χ4v) is 7.04. The van der Waals surface area contributed by atoms with Crippen LogP contribution in [0.3, 0.4) is 0 Å². The summed E-state index contributed by atoms with van der Waals surface area (Å²) in [6, 6.07) is 0. The SMILES string of the molecule is CCOC(=O)[C@H]1C(c2c3c(c(C)c(C)c2OC(C)=O)OC(C)(CCCC(C)CCCC(C)CCCC(C)C)CC3)=NO[C@@H]1C(=O)OCC. The molecular formula is C39H61NO8. The molecule has 1 aromatic carbocycles. The molecule has 0 bridgehead atoms. The zero-order chi connectivity index (χ0) is 35.6. The van der Waals surface area contributed by atoms with E-state index in [4.69, 9.17) is 23.8 Å². The normalized spacial score (nSPS) is 21.4. The molecular weight excluding hydrogens is 610 g/mol. The molecule has 5 atom stereocenters. The van der Waals surface area contributed by atoms with Crippen molar-refractivity contribution in [2.45, 2.75) is 152 Å². The molecule has 0 amide bonds. The van der Waals surface area contributed by atoms with E-state index in [1.165, 1.54) is 45.4 Å². The molecule has 9 heteroatoms. The van der Waals surface area contributed by atoms with E-state index >= 15 is 0 Å². The maximum Gasteiger partial charge on any atom is 0.351 e. The molecule has 0 aromatic heterocycles. The van der Waals surface area contributed by atoms with Crippen LogP contribution in [0.4, 0.5) is 0 Å². The number of oxime groups is 1. The zero-order valence-electron chi connectivity index (χ0n) is 31.3. The highest BCUT2D eigenvalue weighted by Crippen LogP contribution is 2.47. The molecule has 0 radical (unpaired) electrons. The second-order valence-electron chi connectivity index (χ2n) is 14.7. The van der Waals surface area contributed by atoms with E-state index in [-0.39, 0.29) is 30.3 Å². The van der Waals surface area contributed by atoms with E-state index in [0.29, 0.717) is 29.2 Å². The van der Waals surface area contributed by atoms with Gasteiger partial charge in [0.05, 0.1) is 18.8 Å². The molecule has 3 rings (SSSR count). The number of carbonyl (C=O) groups excluding carboxylic acids is 3. The number of fused-ring (bicyclic) bond motifs is 1. The molecule has 2 heterocycles. The molecule has 0 N–H and O–H groups in total. The predicted molar refractivity (Wildman–Crippen MR) is 187 cm³/mol. The molecule has 3 unspecified atom stereocenters. The molecule has 0 spiro atoms. The Morgan fingerprint density at radius 1 is 0.875 bits per heavy atom. The van der Waals surface area contributed by atoms with Crippen LogP contribution in [0.5, 0.6) is 11.5 Å². The van der Waals surface area contributed by atoms with Gasteiger partial charge in [-0.25, -0.2) is 4.79 Å². The summed E-state index contributed by atoms with van der Waals surface area (Å²) < 4.78 is 23.2. The Kier molecular flexibility index (Phi) is 14.8. The van der Waals surface area contributed by atoms with Gasteiger partial charge in [0, 0.05) is 12.5 Å². The maximum absolute atomic E-state index is 13.3. The van der Waals surface area contributed by atoms with E-state index in [1.54, 1.807) is 13.8 Å². The lowest BCUT2D eigenvalue weighted by atomic mass is 9.80. The monoisotopic (exact) mass is 671 g/mol. The lowest BCUT2D eigenvalue weighted by Gasteiger charge is -2.39. The first-order valence-electron chi connectivity index (χ1n) is 18.3. The third-order valence-corrected chi connectivity index (χ3v) is 10.00. The molecule has 2 aliphatic rings. The minimum Gasteiger partial charge on any atom is -0.487 e. The topological polar surface area (TPSA) is 110 Å². The van der Waals surface area contributed by atoms with E-state index < -0.39 is 29.9 Å². The lowest BCUT2D eigenvalue weighted by Crippen LogP contribution is -2.41. The second kappa shape index (κ2) is 18.1. The Labute approximate surface area is 288 Å². The minimum absolute atomic E-state index is 0.109. The minimum atomic E-state index is -1.31. The Morgan fingerprint density at radius 3 is 2.04 bits per heavy atom. The Hall–Kier alpha value is -3.10. The number of rotatable bonds is 18. The number of hydrogen-bond acceptors (Lipinski definition) is 9. The summed E-state index contributed by atoms with van der Waals surface area (Å²) in [5.74, 6) is 0.173. The van der Waals surface area contributed by atoms with Crippen LogP contribution in [0, 0.1) is 37.5 Å². The van der Waals surface area contributed by atoms with Gasteiger partial charge in [0.2, 0.25) is 6.10 Å². The third kappa shape index (κ3) is 10.2. The third-order valence-electron chi connectivity index (χ3n) is 10.00. The van der Waals surface area contributed by atoms with Crippen molar-refractivity contribution >= 4 is 23.6 Å². The van der Waals surface area contributed by atoms with Crippen LogP contribution >= 0.6 is 0 Å². The fraction of sp³-hybridized carbons (Fsp3) is 0.744. The highest BCUT2D eigenvalue weighted by Gasteiger charge is 2.49. The van der Waals surface area contributed by atoms with Crippen LogP contribution in [-0.2, 0) is 35.1 Å². The summed E-state index contributed by atoms with van der Waals surface area (Å²) in [5.41, 5.74) is 2.58. The van der Waals surface area contributed by atoms with Crippen LogP contribution in [0.2, 0.25) is 0 Å². The van der Waals surface area contributed by atoms with Crippen molar-refractivity contribution in [3.05, 3.63) is 22.3 Å². The molecule has 0 saturated carbocycles. The van der Waals surface area contributed by atoms with Crippen molar-refractivity contribution in [3.8, 4) is 11.5 Å². The number of esters is 3. The van der Waals surface area contributed by atoms with E-state index in [2.05, 4.69) is 39.8 Å². The molecule has 2 aliphatic heterocycles. The fourth-order valence-electron chi connectivity index (χ4n) is 7.04. The first-order chi connectivity index (χ1) is 22.7. The first-order valence-corrected chi connectivity index (χ1v) is 18.3. The summed E-state index contributed by atoms with van der Waals surface area (Å²) in [6.07, 6.45) is 11.0. The van der Waals surface area contributed by atoms with Crippen molar-refractivity contribution in [1.29, 1.82) is 0 Å². The Morgan fingerprint density at radius 2 is 1.46 bits per heavy atom. The largest absolute Gasteiger partial charge is 0.487 e. The van der Waals surface area contributed by atoms with Crippen molar-refractivity contribution in [1.82, 2.24) is 0 Å². The van der Waals surface area contributed by atoms with Crippen molar-refractivity contribution in [3.63, 3.8) is 0 Å². The molecule has 0 aliphatic carbocycles. The van der Waals surface area contributed by atoms with Crippen LogP contribution in [0.15, 0.2) is 5.16 Å². The summed E-state index contributed by atoms with van der Waals surface area (Å²) in [7, 11) is 0. The summed E-state index contributed by atoms with van der Waals surface area (Å²) in [4.78, 5) is 44.1. The molecule has 270 valence electrons. The molecule has 1 aromatic rings. The van der Waals surface area contributed by atoms with E-state index in [0.717, 1.165) is 48.6 Å². The smallest absolute Gasteiger partial charge is 0.351 e. The Bertz CT molecular complexity index is 1300. The van der Waals surface area contributed by atoms with Gasteiger partial charge < -0.3 is 23.8 Å². The highest BCUT2D eigenvalue weighted by atomic mass is 16.7. The lowest BCUT2D eigenvalue weighted by molar-refractivity contribution is -0.164. The number of ether oxygens (including phenoxy) is 4. The maximum atomic E-state index is 13.3. The predicted octanol–water partition coefficient (Wildman–Crippen LogP) is 8.60. The van der Waals surface area contributed by atoms with Gasteiger partial charge in [0.15, 0.2) is 5.92 Å². The average molecular weight is 672 g/mol. The number of carbonyl (C=O) groups is 3. The van der Waals surface area contributed by atoms with Gasteiger partial charge in [-0.05, 0) is 89.2 Å². The van der Waals surface area contributed by atoms with E-state index in [9.17, 15) is 14.4 Å². The summed E-state index contributed by atoms with van der Waals surface area (Å²) in [5, 5.41) is 4.25. The molecule has 48 heavy (non-hydrogen) atoms. The second-order valence-corrected chi connectivity index (χ2v) is 14.7. The van der Waals surface area contributed by atoms with Gasteiger partial charge in [0.25, 0.3) is 0 Å². The first kappa shape index (κ1) is 39.3. The number of nitrogens with zero attached hydrogens (tertiary/aromatic N) is 1. The Balaban J connectivity index is 1.79. The van der Waals surface area contributed by atoms with Crippen molar-refractivity contribution in [2.75, 3.05) is 13.2 Å². The van der Waals surface area contributed by atoms with Gasteiger partial charge in [-0.1, -0.05) is 77.8 Å². The van der Waals surface area contributed by atoms with Crippen LogP contribution < -0.4 is 9.47 Å². The van der Waals surface area contributed by atoms with Crippen LogP contribution in [0.25, 0.3) is 0 Å². The van der Waals surface area contributed by atoms with Crippen LogP contribution in [0.1, 0.15) is 142 Å². The molecule has 0 fully saturated rings. The highest BCUT2D eigenvalue weighted by molar-refractivity contribution is 6.17.